The highest BCUT2D eigenvalue weighted by Crippen LogP contribution is 2.22. The molecule has 7 heteroatoms. The third kappa shape index (κ3) is 2.71. The number of aromatic nitrogens is 5. The van der Waals surface area contributed by atoms with E-state index in [9.17, 15) is 0 Å². The zero-order valence-corrected chi connectivity index (χ0v) is 13.3. The first-order valence-electron chi connectivity index (χ1n) is 7.66. The number of rotatable bonds is 4. The number of H-pyrrole nitrogens is 1. The zero-order valence-electron chi connectivity index (χ0n) is 13.3. The van der Waals surface area contributed by atoms with Crippen LogP contribution in [0.15, 0.2) is 47.0 Å². The molecule has 3 aromatic heterocycles. The van der Waals surface area contributed by atoms with Crippen molar-refractivity contribution in [3.05, 3.63) is 54.0 Å². The molecule has 0 radical (unpaired) electrons. The normalized spacial score (nSPS) is 12.4. The van der Waals surface area contributed by atoms with Gasteiger partial charge in [0.2, 0.25) is 0 Å². The highest BCUT2D eigenvalue weighted by Gasteiger charge is 2.15. The van der Waals surface area contributed by atoms with Crippen molar-refractivity contribution in [3.63, 3.8) is 0 Å². The lowest BCUT2D eigenvalue weighted by molar-refractivity contribution is 0.599. The summed E-state index contributed by atoms with van der Waals surface area (Å²) in [6, 6.07) is 11.8. The largest absolute Gasteiger partial charge is 0.424 e. The van der Waals surface area contributed by atoms with E-state index in [0.29, 0.717) is 17.7 Å². The van der Waals surface area contributed by atoms with Gasteiger partial charge < -0.3 is 9.73 Å². The van der Waals surface area contributed by atoms with E-state index < -0.39 is 0 Å². The van der Waals surface area contributed by atoms with Gasteiger partial charge in [-0.1, -0.05) is 12.1 Å². The average molecular weight is 320 g/mol. The Bertz CT molecular complexity index is 956. The molecule has 0 spiro atoms. The minimum Gasteiger partial charge on any atom is -0.424 e. The van der Waals surface area contributed by atoms with Crippen LogP contribution < -0.4 is 5.32 Å². The van der Waals surface area contributed by atoms with Gasteiger partial charge in [-0.3, -0.25) is 10.1 Å². The summed E-state index contributed by atoms with van der Waals surface area (Å²) >= 11 is 0. The molecule has 0 saturated carbocycles. The molecule has 1 atom stereocenters. The van der Waals surface area contributed by atoms with Crippen LogP contribution in [-0.4, -0.2) is 25.1 Å². The molecule has 1 aromatic carbocycles. The fourth-order valence-corrected chi connectivity index (χ4v) is 2.43. The lowest BCUT2D eigenvalue weighted by atomic mass is 10.2. The molecule has 3 heterocycles. The number of nitrogens with one attached hydrogen (secondary N) is 2. The molecule has 4 aromatic rings. The van der Waals surface area contributed by atoms with E-state index >= 15 is 0 Å². The lowest BCUT2D eigenvalue weighted by Gasteiger charge is -2.07. The van der Waals surface area contributed by atoms with E-state index in [1.54, 1.807) is 6.20 Å². The second-order valence-corrected chi connectivity index (χ2v) is 5.62. The number of anilines is 1. The van der Waals surface area contributed by atoms with Gasteiger partial charge >= 0.3 is 0 Å². The molecule has 0 fully saturated rings. The summed E-state index contributed by atoms with van der Waals surface area (Å²) in [5.74, 6) is 1.26. The van der Waals surface area contributed by atoms with Crippen molar-refractivity contribution >= 4 is 17.1 Å². The quantitative estimate of drug-likeness (QED) is 0.598. The van der Waals surface area contributed by atoms with Gasteiger partial charge in [-0.15, -0.1) is 0 Å². The third-order valence-electron chi connectivity index (χ3n) is 3.69. The van der Waals surface area contributed by atoms with Crippen LogP contribution in [0.25, 0.3) is 22.6 Å². The van der Waals surface area contributed by atoms with Gasteiger partial charge in [0.05, 0.1) is 6.04 Å². The Morgan fingerprint density at radius 1 is 1.17 bits per heavy atom. The molecular formula is C17H16N6O. The van der Waals surface area contributed by atoms with Crippen molar-refractivity contribution in [3.8, 4) is 11.5 Å². The number of benzene rings is 1. The van der Waals surface area contributed by atoms with Crippen molar-refractivity contribution in [2.75, 3.05) is 5.32 Å². The van der Waals surface area contributed by atoms with E-state index in [-0.39, 0.29) is 6.04 Å². The van der Waals surface area contributed by atoms with Gasteiger partial charge in [-0.2, -0.15) is 10.1 Å². The molecule has 0 unspecified atom stereocenters. The SMILES string of the molecule is Cc1ccnc(-c2n[nH]c([C@@H](C)Nc3nc4ccccc4o3)n2)c1. The van der Waals surface area contributed by atoms with Gasteiger partial charge in [0.25, 0.3) is 6.01 Å². The summed E-state index contributed by atoms with van der Waals surface area (Å²) in [7, 11) is 0. The topological polar surface area (TPSA) is 92.5 Å². The maximum Gasteiger partial charge on any atom is 0.296 e. The molecule has 120 valence electrons. The van der Waals surface area contributed by atoms with E-state index in [2.05, 4.69) is 30.5 Å². The van der Waals surface area contributed by atoms with E-state index in [4.69, 9.17) is 4.42 Å². The van der Waals surface area contributed by atoms with Crippen LogP contribution in [0.2, 0.25) is 0 Å². The molecule has 2 N–H and O–H groups in total. The zero-order chi connectivity index (χ0) is 16.5. The summed E-state index contributed by atoms with van der Waals surface area (Å²) in [4.78, 5) is 13.2. The van der Waals surface area contributed by atoms with Crippen LogP contribution in [0.4, 0.5) is 6.01 Å². The average Bonchev–Trinajstić information content (AvgIpc) is 3.21. The molecule has 0 saturated heterocycles. The summed E-state index contributed by atoms with van der Waals surface area (Å²) in [5.41, 5.74) is 3.42. The van der Waals surface area contributed by atoms with Crippen LogP contribution in [0.5, 0.6) is 0 Å². The summed E-state index contributed by atoms with van der Waals surface area (Å²) in [6.45, 7) is 3.97. The molecule has 0 aliphatic carbocycles. The smallest absolute Gasteiger partial charge is 0.296 e. The summed E-state index contributed by atoms with van der Waals surface area (Å²) in [5, 5.41) is 10.4. The second-order valence-electron chi connectivity index (χ2n) is 5.62. The number of aryl methyl sites for hydroxylation is 1. The van der Waals surface area contributed by atoms with Gasteiger partial charge in [-0.05, 0) is 43.7 Å². The molecule has 0 bridgehead atoms. The van der Waals surface area contributed by atoms with Gasteiger partial charge in [0, 0.05) is 6.20 Å². The van der Waals surface area contributed by atoms with Crippen molar-refractivity contribution < 1.29 is 4.42 Å². The minimum atomic E-state index is -0.135. The Hall–Kier alpha value is -3.22. The molecular weight excluding hydrogens is 304 g/mol. The second kappa shape index (κ2) is 5.77. The van der Waals surface area contributed by atoms with E-state index in [0.717, 1.165) is 22.4 Å². The Labute approximate surface area is 138 Å². The van der Waals surface area contributed by atoms with Crippen molar-refractivity contribution in [1.29, 1.82) is 0 Å². The number of hydrogen-bond donors (Lipinski definition) is 2. The van der Waals surface area contributed by atoms with Crippen molar-refractivity contribution in [2.45, 2.75) is 19.9 Å². The maximum absolute atomic E-state index is 5.67. The number of hydrogen-bond acceptors (Lipinski definition) is 6. The molecule has 24 heavy (non-hydrogen) atoms. The molecule has 7 nitrogen and oxygen atoms in total. The first-order valence-corrected chi connectivity index (χ1v) is 7.66. The van der Waals surface area contributed by atoms with Crippen LogP contribution in [0, 0.1) is 6.92 Å². The number of nitrogens with zero attached hydrogens (tertiary/aromatic N) is 4. The molecule has 4 rings (SSSR count). The van der Waals surface area contributed by atoms with Gasteiger partial charge in [0.1, 0.15) is 17.0 Å². The Morgan fingerprint density at radius 3 is 2.88 bits per heavy atom. The fraction of sp³-hybridized carbons (Fsp3) is 0.176. The van der Waals surface area contributed by atoms with Crippen LogP contribution >= 0.6 is 0 Å². The highest BCUT2D eigenvalue weighted by molar-refractivity contribution is 5.74. The maximum atomic E-state index is 5.67. The number of pyridine rings is 1. The number of aromatic amines is 1. The third-order valence-corrected chi connectivity index (χ3v) is 3.69. The number of para-hydroxylation sites is 2. The Morgan fingerprint density at radius 2 is 2.04 bits per heavy atom. The van der Waals surface area contributed by atoms with Crippen LogP contribution in [0.1, 0.15) is 24.4 Å². The Balaban J connectivity index is 1.55. The van der Waals surface area contributed by atoms with Gasteiger partial charge in [0.15, 0.2) is 11.4 Å². The van der Waals surface area contributed by atoms with Crippen molar-refractivity contribution in [2.24, 2.45) is 0 Å². The monoisotopic (exact) mass is 320 g/mol. The number of fused-ring (bicyclic) bond motifs is 1. The standard InChI is InChI=1S/C17H16N6O/c1-10-7-8-18-13(9-10)16-21-15(22-23-16)11(2)19-17-20-12-5-3-4-6-14(12)24-17/h3-9,11H,1-2H3,(H,19,20)(H,21,22,23)/t11-/m1/s1. The predicted octanol–water partition coefficient (Wildman–Crippen LogP) is 3.49. The minimum absolute atomic E-state index is 0.135. The predicted molar refractivity (Wildman–Crippen MR) is 90.4 cm³/mol. The van der Waals surface area contributed by atoms with E-state index in [1.807, 2.05) is 50.2 Å². The first-order chi connectivity index (χ1) is 11.7. The summed E-state index contributed by atoms with van der Waals surface area (Å²) < 4.78 is 5.67. The number of oxazole rings is 1. The van der Waals surface area contributed by atoms with E-state index in [1.165, 1.54) is 0 Å². The molecule has 0 aliphatic heterocycles. The highest BCUT2D eigenvalue weighted by atomic mass is 16.4. The Kier molecular flexibility index (Phi) is 3.45. The van der Waals surface area contributed by atoms with Crippen LogP contribution in [0.3, 0.4) is 0 Å². The molecule has 0 amide bonds. The molecule has 0 aliphatic rings. The lowest BCUT2D eigenvalue weighted by Crippen LogP contribution is -2.08. The van der Waals surface area contributed by atoms with Gasteiger partial charge in [-0.25, -0.2) is 4.98 Å². The summed E-state index contributed by atoms with van der Waals surface area (Å²) in [6.07, 6.45) is 1.75. The fourth-order valence-electron chi connectivity index (χ4n) is 2.43. The first kappa shape index (κ1) is 14.4. The van der Waals surface area contributed by atoms with Crippen LogP contribution in [-0.2, 0) is 0 Å². The van der Waals surface area contributed by atoms with Crippen molar-refractivity contribution in [1.82, 2.24) is 25.1 Å².